The van der Waals surface area contributed by atoms with Gasteiger partial charge in [-0.1, -0.05) is 23.7 Å². The molecule has 0 saturated carbocycles. The van der Waals surface area contributed by atoms with Crippen molar-refractivity contribution in [2.24, 2.45) is 0 Å². The van der Waals surface area contributed by atoms with E-state index in [1.165, 1.54) is 0 Å². The summed E-state index contributed by atoms with van der Waals surface area (Å²) in [5, 5.41) is 3.18. The molecule has 3 aromatic rings. The minimum atomic E-state index is -0.302. The molecule has 0 atom stereocenters. The molecule has 4 rings (SSSR count). The minimum Gasteiger partial charge on any atom is -0.345 e. The Morgan fingerprint density at radius 3 is 2.88 bits per heavy atom. The summed E-state index contributed by atoms with van der Waals surface area (Å²) < 4.78 is 0. The maximum absolute atomic E-state index is 12.6. The first-order chi connectivity index (χ1) is 12.6. The predicted molar refractivity (Wildman–Crippen MR) is 100 cm³/mol. The summed E-state index contributed by atoms with van der Waals surface area (Å²) in [5.74, 6) is 0.437. The van der Waals surface area contributed by atoms with Gasteiger partial charge in [0.25, 0.3) is 5.91 Å². The Hall–Kier alpha value is -2.86. The van der Waals surface area contributed by atoms with Crippen LogP contribution in [-0.4, -0.2) is 28.3 Å². The number of H-pyrrole nitrogens is 1. The number of nitrogens with zero attached hydrogens (tertiary/aromatic N) is 2. The number of aromatic amines is 1. The fourth-order valence-corrected chi connectivity index (χ4v) is 3.33. The zero-order valence-corrected chi connectivity index (χ0v) is 14.7. The summed E-state index contributed by atoms with van der Waals surface area (Å²) in [6.45, 7) is 0.928. The lowest BCUT2D eigenvalue weighted by molar-refractivity contribution is -0.117. The van der Waals surface area contributed by atoms with Gasteiger partial charge in [-0.25, -0.2) is 4.98 Å². The van der Waals surface area contributed by atoms with Crippen LogP contribution in [0.1, 0.15) is 29.0 Å². The number of amides is 2. The minimum absolute atomic E-state index is 0.0703. The average Bonchev–Trinajstić information content (AvgIpc) is 3.25. The van der Waals surface area contributed by atoms with Gasteiger partial charge in [-0.05, 0) is 36.8 Å². The fraction of sp³-hybridized carbons (Fsp3) is 0.211. The van der Waals surface area contributed by atoms with E-state index in [2.05, 4.69) is 15.3 Å². The number of anilines is 1. The summed E-state index contributed by atoms with van der Waals surface area (Å²) in [5.41, 5.74) is 2.82. The lowest BCUT2D eigenvalue weighted by Crippen LogP contribution is -2.26. The highest BCUT2D eigenvalue weighted by Gasteiger charge is 2.23. The van der Waals surface area contributed by atoms with Gasteiger partial charge in [-0.2, -0.15) is 0 Å². The van der Waals surface area contributed by atoms with Gasteiger partial charge >= 0.3 is 0 Å². The molecule has 2 heterocycles. The monoisotopic (exact) mass is 368 g/mol. The number of fused-ring (bicyclic) bond motifs is 1. The van der Waals surface area contributed by atoms with E-state index in [1.807, 2.05) is 24.3 Å². The molecule has 1 aliphatic heterocycles. The molecular weight excluding hydrogens is 352 g/mol. The Morgan fingerprint density at radius 2 is 2.12 bits per heavy atom. The molecule has 1 fully saturated rings. The lowest BCUT2D eigenvalue weighted by atomic mass is 10.1. The van der Waals surface area contributed by atoms with E-state index in [1.54, 1.807) is 23.1 Å². The number of carbonyl (C=O) groups is 2. The van der Waals surface area contributed by atoms with Crippen molar-refractivity contribution in [3.63, 3.8) is 0 Å². The second kappa shape index (κ2) is 6.80. The highest BCUT2D eigenvalue weighted by molar-refractivity contribution is 6.34. The van der Waals surface area contributed by atoms with Crippen molar-refractivity contribution in [1.82, 2.24) is 15.3 Å². The third-order valence-electron chi connectivity index (χ3n) is 4.43. The third-order valence-corrected chi connectivity index (χ3v) is 4.76. The fourth-order valence-electron chi connectivity index (χ4n) is 3.12. The van der Waals surface area contributed by atoms with E-state index in [0.29, 0.717) is 35.1 Å². The van der Waals surface area contributed by atoms with E-state index < -0.39 is 0 Å². The second-order valence-corrected chi connectivity index (χ2v) is 6.60. The molecule has 0 aliphatic carbocycles. The van der Waals surface area contributed by atoms with Crippen LogP contribution in [0.4, 0.5) is 5.69 Å². The number of benzene rings is 2. The quantitative estimate of drug-likeness (QED) is 0.741. The van der Waals surface area contributed by atoms with E-state index in [4.69, 9.17) is 11.6 Å². The van der Waals surface area contributed by atoms with Crippen molar-refractivity contribution < 1.29 is 9.59 Å². The maximum atomic E-state index is 12.6. The van der Waals surface area contributed by atoms with Gasteiger partial charge < -0.3 is 15.2 Å². The number of aromatic nitrogens is 2. The average molecular weight is 369 g/mol. The summed E-state index contributed by atoms with van der Waals surface area (Å²) in [6, 6.07) is 12.8. The first-order valence-corrected chi connectivity index (χ1v) is 8.81. The molecule has 1 aromatic heterocycles. The molecule has 7 heteroatoms. The molecule has 0 unspecified atom stereocenters. The summed E-state index contributed by atoms with van der Waals surface area (Å²) >= 11 is 6.19. The van der Waals surface area contributed by atoms with E-state index in [0.717, 1.165) is 17.5 Å². The lowest BCUT2D eigenvalue weighted by Gasteiger charge is -2.17. The van der Waals surface area contributed by atoms with Gasteiger partial charge in [0.15, 0.2) is 0 Å². The number of imidazole rings is 1. The van der Waals surface area contributed by atoms with Crippen LogP contribution < -0.4 is 10.2 Å². The third kappa shape index (κ3) is 3.15. The molecular formula is C19H17ClN4O2. The zero-order valence-electron chi connectivity index (χ0n) is 14.0. The molecule has 132 valence electrons. The van der Waals surface area contributed by atoms with Crippen LogP contribution in [0.25, 0.3) is 11.0 Å². The predicted octanol–water partition coefficient (Wildman–Crippen LogP) is 3.27. The Labute approximate surface area is 155 Å². The van der Waals surface area contributed by atoms with Crippen molar-refractivity contribution in [3.8, 4) is 0 Å². The smallest absolute Gasteiger partial charge is 0.253 e. The molecule has 1 aliphatic rings. The maximum Gasteiger partial charge on any atom is 0.253 e. The molecule has 0 bridgehead atoms. The van der Waals surface area contributed by atoms with Crippen LogP contribution in [0.2, 0.25) is 5.02 Å². The number of nitrogens with one attached hydrogen (secondary N) is 2. The topological polar surface area (TPSA) is 78.1 Å². The van der Waals surface area contributed by atoms with Gasteiger partial charge in [-0.15, -0.1) is 0 Å². The molecule has 0 radical (unpaired) electrons. The number of hydrogen-bond donors (Lipinski definition) is 2. The van der Waals surface area contributed by atoms with Crippen LogP contribution in [0.5, 0.6) is 0 Å². The zero-order chi connectivity index (χ0) is 18.1. The van der Waals surface area contributed by atoms with Gasteiger partial charge in [0.2, 0.25) is 5.91 Å². The van der Waals surface area contributed by atoms with Crippen LogP contribution in [0, 0.1) is 0 Å². The number of halogens is 1. The molecule has 2 amide bonds. The Kier molecular flexibility index (Phi) is 4.34. The van der Waals surface area contributed by atoms with Gasteiger partial charge in [0, 0.05) is 18.7 Å². The number of para-hydroxylation sites is 2. The van der Waals surface area contributed by atoms with Crippen molar-refractivity contribution in [1.29, 1.82) is 0 Å². The first-order valence-electron chi connectivity index (χ1n) is 8.43. The molecule has 6 nitrogen and oxygen atoms in total. The molecule has 2 aromatic carbocycles. The number of hydrogen-bond acceptors (Lipinski definition) is 3. The normalized spacial score (nSPS) is 14.2. The summed E-state index contributed by atoms with van der Waals surface area (Å²) in [4.78, 5) is 33.8. The van der Waals surface area contributed by atoms with Crippen molar-refractivity contribution in [3.05, 3.63) is 58.9 Å². The Bertz CT molecular complexity index is 965. The van der Waals surface area contributed by atoms with Crippen molar-refractivity contribution >= 4 is 40.1 Å². The molecule has 0 spiro atoms. The van der Waals surface area contributed by atoms with Gasteiger partial charge in [-0.3, -0.25) is 9.59 Å². The highest BCUT2D eigenvalue weighted by atomic mass is 35.5. The van der Waals surface area contributed by atoms with Gasteiger partial charge in [0.1, 0.15) is 5.82 Å². The van der Waals surface area contributed by atoms with Crippen LogP contribution in [-0.2, 0) is 11.3 Å². The van der Waals surface area contributed by atoms with Crippen LogP contribution in [0.15, 0.2) is 42.5 Å². The Balaban J connectivity index is 1.51. The SMILES string of the molecule is O=C(NCc1nc2ccccc2[nH]1)c1cc(N2CCCC2=O)ccc1Cl. The number of rotatable bonds is 4. The van der Waals surface area contributed by atoms with E-state index in [9.17, 15) is 9.59 Å². The second-order valence-electron chi connectivity index (χ2n) is 6.20. The molecule has 1 saturated heterocycles. The largest absolute Gasteiger partial charge is 0.345 e. The first kappa shape index (κ1) is 16.6. The van der Waals surface area contributed by atoms with Crippen molar-refractivity contribution in [2.75, 3.05) is 11.4 Å². The van der Waals surface area contributed by atoms with Crippen LogP contribution in [0.3, 0.4) is 0 Å². The number of carbonyl (C=O) groups excluding carboxylic acids is 2. The highest BCUT2D eigenvalue weighted by Crippen LogP contribution is 2.26. The standard InChI is InChI=1S/C19H17ClN4O2/c20-14-8-7-12(24-9-3-6-18(24)25)10-13(14)19(26)21-11-17-22-15-4-1-2-5-16(15)23-17/h1-2,4-5,7-8,10H,3,6,9,11H2,(H,21,26)(H,22,23). The molecule has 2 N–H and O–H groups in total. The summed E-state index contributed by atoms with van der Waals surface area (Å²) in [7, 11) is 0. The molecule has 26 heavy (non-hydrogen) atoms. The van der Waals surface area contributed by atoms with Crippen molar-refractivity contribution in [2.45, 2.75) is 19.4 Å². The van der Waals surface area contributed by atoms with E-state index in [-0.39, 0.29) is 18.4 Å². The van der Waals surface area contributed by atoms with Gasteiger partial charge in [0.05, 0.1) is 28.2 Å². The van der Waals surface area contributed by atoms with Crippen LogP contribution >= 0.6 is 11.6 Å². The Morgan fingerprint density at radius 1 is 1.27 bits per heavy atom. The van der Waals surface area contributed by atoms with E-state index >= 15 is 0 Å². The summed E-state index contributed by atoms with van der Waals surface area (Å²) in [6.07, 6.45) is 1.37.